The van der Waals surface area contributed by atoms with E-state index in [2.05, 4.69) is 17.1 Å². The summed E-state index contributed by atoms with van der Waals surface area (Å²) in [6, 6.07) is 5.95. The Bertz CT molecular complexity index is 521. The van der Waals surface area contributed by atoms with Gasteiger partial charge in [0.25, 0.3) is 0 Å². The smallest absolute Gasteiger partial charge is 0.241 e. The first-order valence-electron chi connectivity index (χ1n) is 6.64. The molecule has 0 saturated carbocycles. The molecule has 2 aromatic rings. The number of aliphatic hydroxyl groups excluding tert-OH is 1. The second kappa shape index (κ2) is 7.12. The molecule has 0 spiro atoms. The van der Waals surface area contributed by atoms with Gasteiger partial charge in [0.15, 0.2) is 0 Å². The Morgan fingerprint density at radius 1 is 1.25 bits per heavy atom. The van der Waals surface area contributed by atoms with Gasteiger partial charge in [-0.15, -0.1) is 0 Å². The van der Waals surface area contributed by atoms with Crippen LogP contribution in [0.2, 0.25) is 0 Å². The molecule has 0 aliphatic rings. The van der Waals surface area contributed by atoms with E-state index < -0.39 is 0 Å². The first kappa shape index (κ1) is 14.6. The lowest BCUT2D eigenvalue weighted by Crippen LogP contribution is -2.27. The molecule has 2 rings (SSSR count). The third-order valence-corrected chi connectivity index (χ3v) is 2.89. The topological polar surface area (TPSA) is 62.4 Å². The summed E-state index contributed by atoms with van der Waals surface area (Å²) in [6.45, 7) is 4.10. The predicted octanol–water partition coefficient (Wildman–Crippen LogP) is 2.08. The predicted molar refractivity (Wildman–Crippen MR) is 72.3 cm³/mol. The molecule has 0 aliphatic heterocycles. The van der Waals surface area contributed by atoms with Gasteiger partial charge < -0.3 is 9.63 Å². The summed E-state index contributed by atoms with van der Waals surface area (Å²) in [5.41, 5.74) is 0.714. The van der Waals surface area contributed by atoms with E-state index in [1.165, 1.54) is 12.1 Å². The maximum Gasteiger partial charge on any atom is 0.241 e. The molecule has 0 unspecified atom stereocenters. The molecule has 0 saturated heterocycles. The van der Waals surface area contributed by atoms with Gasteiger partial charge in [0.05, 0.1) is 13.2 Å². The molecule has 1 aromatic carbocycles. The van der Waals surface area contributed by atoms with E-state index in [4.69, 9.17) is 9.63 Å². The van der Waals surface area contributed by atoms with Gasteiger partial charge in [-0.25, -0.2) is 4.39 Å². The van der Waals surface area contributed by atoms with Gasteiger partial charge in [0.1, 0.15) is 5.82 Å². The van der Waals surface area contributed by atoms with Gasteiger partial charge in [-0.1, -0.05) is 12.1 Å². The molecule has 0 radical (unpaired) electrons. The van der Waals surface area contributed by atoms with E-state index in [0.29, 0.717) is 30.4 Å². The molecule has 0 aliphatic carbocycles. The van der Waals surface area contributed by atoms with Crippen molar-refractivity contribution in [3.63, 3.8) is 0 Å². The Balaban J connectivity index is 2.06. The zero-order valence-electron chi connectivity index (χ0n) is 11.4. The van der Waals surface area contributed by atoms with E-state index in [9.17, 15) is 4.39 Å². The zero-order valence-corrected chi connectivity index (χ0v) is 11.4. The standard InChI is InChI=1S/C14H18FN3O2/c1-2-7-18(8-9-19)10-13-16-14(17-20-13)11-3-5-12(15)6-4-11/h3-6,19H,2,7-10H2,1H3. The highest BCUT2D eigenvalue weighted by Crippen LogP contribution is 2.16. The molecular formula is C14H18FN3O2. The van der Waals surface area contributed by atoms with E-state index in [1.807, 2.05) is 4.90 Å². The quantitative estimate of drug-likeness (QED) is 0.840. The number of rotatable bonds is 7. The van der Waals surface area contributed by atoms with Crippen molar-refractivity contribution in [3.8, 4) is 11.4 Å². The maximum atomic E-state index is 12.9. The van der Waals surface area contributed by atoms with Gasteiger partial charge in [-0.2, -0.15) is 4.98 Å². The lowest BCUT2D eigenvalue weighted by atomic mass is 10.2. The first-order chi connectivity index (χ1) is 9.72. The zero-order chi connectivity index (χ0) is 14.4. The van der Waals surface area contributed by atoms with Crippen molar-refractivity contribution in [3.05, 3.63) is 36.0 Å². The van der Waals surface area contributed by atoms with Gasteiger partial charge >= 0.3 is 0 Å². The summed E-state index contributed by atoms with van der Waals surface area (Å²) in [5.74, 6) is 0.640. The molecule has 108 valence electrons. The van der Waals surface area contributed by atoms with Crippen molar-refractivity contribution in [1.82, 2.24) is 15.0 Å². The summed E-state index contributed by atoms with van der Waals surface area (Å²) in [4.78, 5) is 6.33. The monoisotopic (exact) mass is 279 g/mol. The Kier molecular flexibility index (Phi) is 5.20. The minimum absolute atomic E-state index is 0.0962. The molecule has 1 heterocycles. The number of aliphatic hydroxyl groups is 1. The average molecular weight is 279 g/mol. The van der Waals surface area contributed by atoms with Crippen LogP contribution in [0.15, 0.2) is 28.8 Å². The minimum Gasteiger partial charge on any atom is -0.395 e. The lowest BCUT2D eigenvalue weighted by molar-refractivity contribution is 0.174. The highest BCUT2D eigenvalue weighted by Gasteiger charge is 2.12. The molecule has 0 bridgehead atoms. The van der Waals surface area contributed by atoms with Crippen molar-refractivity contribution >= 4 is 0 Å². The molecular weight excluding hydrogens is 261 g/mol. The van der Waals surface area contributed by atoms with Crippen LogP contribution in [0, 0.1) is 5.82 Å². The highest BCUT2D eigenvalue weighted by atomic mass is 19.1. The first-order valence-corrected chi connectivity index (χ1v) is 6.64. The van der Waals surface area contributed by atoms with Crippen molar-refractivity contribution < 1.29 is 14.0 Å². The number of benzene rings is 1. The normalized spacial score (nSPS) is 11.2. The van der Waals surface area contributed by atoms with Crippen molar-refractivity contribution in [2.45, 2.75) is 19.9 Å². The van der Waals surface area contributed by atoms with Crippen LogP contribution in [-0.2, 0) is 6.54 Å². The Hall–Kier alpha value is -1.79. The number of hydrogen-bond donors (Lipinski definition) is 1. The number of halogens is 1. The molecule has 6 heteroatoms. The SMILES string of the molecule is CCCN(CCO)Cc1nc(-c2ccc(F)cc2)no1. The fourth-order valence-corrected chi connectivity index (χ4v) is 1.95. The van der Waals surface area contributed by atoms with Crippen LogP contribution in [-0.4, -0.2) is 39.8 Å². The van der Waals surface area contributed by atoms with Crippen LogP contribution < -0.4 is 0 Å². The van der Waals surface area contributed by atoms with E-state index in [-0.39, 0.29) is 12.4 Å². The number of hydrogen-bond acceptors (Lipinski definition) is 5. The third kappa shape index (κ3) is 3.85. The fourth-order valence-electron chi connectivity index (χ4n) is 1.95. The molecule has 0 amide bonds. The molecule has 1 N–H and O–H groups in total. The largest absolute Gasteiger partial charge is 0.395 e. The van der Waals surface area contributed by atoms with E-state index in [0.717, 1.165) is 13.0 Å². The summed E-state index contributed by atoms with van der Waals surface area (Å²) in [7, 11) is 0. The number of aromatic nitrogens is 2. The summed E-state index contributed by atoms with van der Waals surface area (Å²) in [5, 5.41) is 12.9. The van der Waals surface area contributed by atoms with Crippen LogP contribution in [0.1, 0.15) is 19.2 Å². The Morgan fingerprint density at radius 3 is 2.65 bits per heavy atom. The van der Waals surface area contributed by atoms with Crippen LogP contribution >= 0.6 is 0 Å². The number of nitrogens with zero attached hydrogens (tertiary/aromatic N) is 3. The Morgan fingerprint density at radius 2 is 2.00 bits per heavy atom. The summed E-state index contributed by atoms with van der Waals surface area (Å²) >= 11 is 0. The lowest BCUT2D eigenvalue weighted by Gasteiger charge is -2.17. The molecule has 1 aromatic heterocycles. The van der Waals surface area contributed by atoms with Crippen LogP contribution in [0.5, 0.6) is 0 Å². The minimum atomic E-state index is -0.297. The van der Waals surface area contributed by atoms with Crippen LogP contribution in [0.4, 0.5) is 4.39 Å². The van der Waals surface area contributed by atoms with E-state index >= 15 is 0 Å². The second-order valence-corrected chi connectivity index (χ2v) is 4.52. The van der Waals surface area contributed by atoms with Crippen LogP contribution in [0.25, 0.3) is 11.4 Å². The average Bonchev–Trinajstić information content (AvgIpc) is 2.89. The molecule has 20 heavy (non-hydrogen) atoms. The van der Waals surface area contributed by atoms with Crippen LogP contribution in [0.3, 0.4) is 0 Å². The van der Waals surface area contributed by atoms with E-state index in [1.54, 1.807) is 12.1 Å². The van der Waals surface area contributed by atoms with Crippen molar-refractivity contribution in [2.75, 3.05) is 19.7 Å². The molecule has 0 atom stereocenters. The third-order valence-electron chi connectivity index (χ3n) is 2.89. The van der Waals surface area contributed by atoms with Gasteiger partial charge in [-0.3, -0.25) is 4.90 Å². The highest BCUT2D eigenvalue weighted by molar-refractivity contribution is 5.53. The Labute approximate surface area is 117 Å². The van der Waals surface area contributed by atoms with Gasteiger partial charge in [0, 0.05) is 12.1 Å². The fraction of sp³-hybridized carbons (Fsp3) is 0.429. The summed E-state index contributed by atoms with van der Waals surface area (Å²) in [6.07, 6.45) is 0.985. The summed E-state index contributed by atoms with van der Waals surface area (Å²) < 4.78 is 18.0. The molecule has 5 nitrogen and oxygen atoms in total. The molecule has 0 fully saturated rings. The second-order valence-electron chi connectivity index (χ2n) is 4.52. The van der Waals surface area contributed by atoms with Crippen molar-refractivity contribution in [2.24, 2.45) is 0 Å². The van der Waals surface area contributed by atoms with Gasteiger partial charge in [-0.05, 0) is 37.2 Å². The van der Waals surface area contributed by atoms with Gasteiger partial charge in [0.2, 0.25) is 11.7 Å². The maximum absolute atomic E-state index is 12.9. The van der Waals surface area contributed by atoms with Crippen molar-refractivity contribution in [1.29, 1.82) is 0 Å².